The number of rotatable bonds is 12. The van der Waals surface area contributed by atoms with E-state index in [1.807, 2.05) is 29.8 Å². The zero-order chi connectivity index (χ0) is 23.8. The number of aromatic nitrogens is 2. The SMILES string of the molecule is CCCCC(CC)CNC(=O)c1cc(-c2csc(C(=O)OCC)n2)n(Cc2cccs2)c1C. The molecule has 3 rings (SSSR count). The molecule has 178 valence electrons. The maximum Gasteiger partial charge on any atom is 0.367 e. The van der Waals surface area contributed by atoms with E-state index in [1.54, 1.807) is 18.3 Å². The van der Waals surface area contributed by atoms with Crippen LogP contribution in [0.2, 0.25) is 0 Å². The Balaban J connectivity index is 1.88. The molecule has 1 amide bonds. The van der Waals surface area contributed by atoms with Crippen molar-refractivity contribution in [3.05, 3.63) is 50.1 Å². The number of unbranched alkanes of at least 4 members (excludes halogenated alkanes) is 1. The molecule has 0 aliphatic carbocycles. The average Bonchev–Trinajstić information content (AvgIpc) is 3.56. The fourth-order valence-corrected chi connectivity index (χ4v) is 5.20. The first-order valence-electron chi connectivity index (χ1n) is 11.6. The number of esters is 1. The van der Waals surface area contributed by atoms with E-state index in [0.717, 1.165) is 24.2 Å². The van der Waals surface area contributed by atoms with Crippen molar-refractivity contribution in [3.63, 3.8) is 0 Å². The van der Waals surface area contributed by atoms with Crippen molar-refractivity contribution in [1.29, 1.82) is 0 Å². The van der Waals surface area contributed by atoms with Crippen LogP contribution in [0.1, 0.15) is 77.2 Å². The first kappa shape index (κ1) is 25.2. The highest BCUT2D eigenvalue weighted by atomic mass is 32.1. The Labute approximate surface area is 204 Å². The van der Waals surface area contributed by atoms with E-state index in [4.69, 9.17) is 4.74 Å². The summed E-state index contributed by atoms with van der Waals surface area (Å²) in [6.07, 6.45) is 4.53. The predicted octanol–water partition coefficient (Wildman–Crippen LogP) is 6.15. The molecule has 0 bridgehead atoms. The lowest BCUT2D eigenvalue weighted by atomic mass is 9.99. The van der Waals surface area contributed by atoms with Gasteiger partial charge in [0.2, 0.25) is 5.01 Å². The molecule has 0 saturated heterocycles. The minimum absolute atomic E-state index is 0.0607. The molecule has 3 aromatic heterocycles. The first-order chi connectivity index (χ1) is 16.0. The van der Waals surface area contributed by atoms with Crippen molar-refractivity contribution in [1.82, 2.24) is 14.9 Å². The molecule has 0 fully saturated rings. The smallest absolute Gasteiger partial charge is 0.367 e. The fraction of sp³-hybridized carbons (Fsp3) is 0.480. The zero-order valence-corrected chi connectivity index (χ0v) is 21.5. The molecule has 6 nitrogen and oxygen atoms in total. The summed E-state index contributed by atoms with van der Waals surface area (Å²) in [4.78, 5) is 31.0. The van der Waals surface area contributed by atoms with Crippen LogP contribution >= 0.6 is 22.7 Å². The third-order valence-electron chi connectivity index (χ3n) is 5.82. The number of thiazole rings is 1. The molecule has 0 saturated carbocycles. The van der Waals surface area contributed by atoms with E-state index < -0.39 is 5.97 Å². The van der Waals surface area contributed by atoms with Crippen LogP contribution in [0, 0.1) is 12.8 Å². The number of hydrogen-bond acceptors (Lipinski definition) is 6. The molecule has 8 heteroatoms. The number of thiophene rings is 1. The molecule has 3 heterocycles. The van der Waals surface area contributed by atoms with E-state index in [9.17, 15) is 9.59 Å². The number of carbonyl (C=O) groups is 2. The van der Waals surface area contributed by atoms with E-state index in [-0.39, 0.29) is 5.91 Å². The van der Waals surface area contributed by atoms with Crippen LogP contribution in [-0.4, -0.2) is 34.6 Å². The molecular formula is C25H33N3O3S2. The lowest BCUT2D eigenvalue weighted by Crippen LogP contribution is -2.29. The average molecular weight is 488 g/mol. The van der Waals surface area contributed by atoms with Gasteiger partial charge in [0.05, 0.1) is 30.1 Å². The van der Waals surface area contributed by atoms with E-state index in [2.05, 4.69) is 34.8 Å². The Bertz CT molecular complexity index is 1050. The summed E-state index contributed by atoms with van der Waals surface area (Å²) in [5.74, 6) is 0.0134. The zero-order valence-electron chi connectivity index (χ0n) is 19.8. The molecule has 1 unspecified atom stereocenters. The predicted molar refractivity (Wildman–Crippen MR) is 135 cm³/mol. The Morgan fingerprint density at radius 2 is 2.06 bits per heavy atom. The van der Waals surface area contributed by atoms with Gasteiger partial charge in [-0.05, 0) is 43.7 Å². The molecular weight excluding hydrogens is 454 g/mol. The number of ether oxygens (including phenoxy) is 1. The Kier molecular flexibility index (Phi) is 9.26. The highest BCUT2D eigenvalue weighted by Crippen LogP contribution is 2.29. The molecule has 3 aromatic rings. The number of nitrogens with zero attached hydrogens (tertiary/aromatic N) is 2. The molecule has 0 radical (unpaired) electrons. The monoisotopic (exact) mass is 487 g/mol. The van der Waals surface area contributed by atoms with Gasteiger partial charge in [0.15, 0.2) is 0 Å². The number of nitrogens with one attached hydrogen (secondary N) is 1. The minimum atomic E-state index is -0.419. The number of carbonyl (C=O) groups excluding carboxylic acids is 2. The molecule has 33 heavy (non-hydrogen) atoms. The van der Waals surface area contributed by atoms with Crippen LogP contribution < -0.4 is 5.32 Å². The summed E-state index contributed by atoms with van der Waals surface area (Å²) in [6, 6.07) is 6.00. The quantitative estimate of drug-likeness (QED) is 0.311. The van der Waals surface area contributed by atoms with Crippen molar-refractivity contribution < 1.29 is 14.3 Å². The number of hydrogen-bond donors (Lipinski definition) is 1. The molecule has 0 spiro atoms. The van der Waals surface area contributed by atoms with Gasteiger partial charge < -0.3 is 14.6 Å². The normalized spacial score (nSPS) is 12.0. The second-order valence-corrected chi connectivity index (χ2v) is 9.97. The van der Waals surface area contributed by atoms with Crippen LogP contribution in [0.15, 0.2) is 29.0 Å². The summed E-state index contributed by atoms with van der Waals surface area (Å²) in [5.41, 5.74) is 3.05. The third-order valence-corrected chi connectivity index (χ3v) is 7.50. The maximum atomic E-state index is 13.1. The van der Waals surface area contributed by atoms with Gasteiger partial charge >= 0.3 is 5.97 Å². The van der Waals surface area contributed by atoms with Crippen molar-refractivity contribution in [2.24, 2.45) is 5.92 Å². The van der Waals surface area contributed by atoms with Gasteiger partial charge in [-0.25, -0.2) is 9.78 Å². The van der Waals surface area contributed by atoms with Crippen LogP contribution in [0.4, 0.5) is 0 Å². The largest absolute Gasteiger partial charge is 0.461 e. The van der Waals surface area contributed by atoms with Gasteiger partial charge in [0, 0.05) is 22.5 Å². The lowest BCUT2D eigenvalue weighted by Gasteiger charge is -2.15. The van der Waals surface area contributed by atoms with Crippen molar-refractivity contribution >= 4 is 34.6 Å². The van der Waals surface area contributed by atoms with Crippen molar-refractivity contribution in [3.8, 4) is 11.4 Å². The minimum Gasteiger partial charge on any atom is -0.461 e. The molecule has 1 N–H and O–H groups in total. The second kappa shape index (κ2) is 12.1. The van der Waals surface area contributed by atoms with E-state index in [0.29, 0.717) is 41.9 Å². The van der Waals surface area contributed by atoms with Gasteiger partial charge in [-0.2, -0.15) is 0 Å². The van der Waals surface area contributed by atoms with Crippen molar-refractivity contribution in [2.75, 3.05) is 13.2 Å². The Morgan fingerprint density at radius 3 is 2.73 bits per heavy atom. The Morgan fingerprint density at radius 1 is 1.24 bits per heavy atom. The van der Waals surface area contributed by atoms with Crippen LogP contribution in [0.5, 0.6) is 0 Å². The van der Waals surface area contributed by atoms with Gasteiger partial charge in [0.25, 0.3) is 5.91 Å². The summed E-state index contributed by atoms with van der Waals surface area (Å²) in [7, 11) is 0. The highest BCUT2D eigenvalue weighted by molar-refractivity contribution is 7.12. The highest BCUT2D eigenvalue weighted by Gasteiger charge is 2.22. The van der Waals surface area contributed by atoms with Crippen LogP contribution in [0.25, 0.3) is 11.4 Å². The lowest BCUT2D eigenvalue weighted by molar-refractivity contribution is 0.0526. The van der Waals surface area contributed by atoms with Crippen molar-refractivity contribution in [2.45, 2.75) is 59.9 Å². The summed E-state index contributed by atoms with van der Waals surface area (Å²) in [6.45, 7) is 9.76. The van der Waals surface area contributed by atoms with Gasteiger partial charge in [-0.3, -0.25) is 4.79 Å². The van der Waals surface area contributed by atoms with Gasteiger partial charge in [0.1, 0.15) is 0 Å². The maximum absolute atomic E-state index is 13.1. The van der Waals surface area contributed by atoms with Gasteiger partial charge in [-0.1, -0.05) is 39.2 Å². The number of amides is 1. The summed E-state index contributed by atoms with van der Waals surface area (Å²) >= 11 is 2.94. The van der Waals surface area contributed by atoms with Crippen LogP contribution in [-0.2, 0) is 11.3 Å². The molecule has 1 atom stereocenters. The van der Waals surface area contributed by atoms with Crippen LogP contribution in [0.3, 0.4) is 0 Å². The molecule has 0 aliphatic heterocycles. The molecule has 0 aromatic carbocycles. The van der Waals surface area contributed by atoms with E-state index in [1.165, 1.54) is 29.1 Å². The van der Waals surface area contributed by atoms with E-state index >= 15 is 0 Å². The fourth-order valence-electron chi connectivity index (χ4n) is 3.80. The Hall–Kier alpha value is -2.45. The standard InChI is InChI=1S/C25H33N3O3S2/c1-5-8-10-18(6-2)14-26-23(29)20-13-22(21-16-33-24(27-21)25(30)31-7-3)28(17(20)4)15-19-11-9-12-32-19/h9,11-13,16,18H,5-8,10,14-15H2,1-4H3,(H,26,29). The summed E-state index contributed by atoms with van der Waals surface area (Å²) < 4.78 is 7.20. The summed E-state index contributed by atoms with van der Waals surface area (Å²) in [5, 5.41) is 7.37. The first-order valence-corrected chi connectivity index (χ1v) is 13.4. The van der Waals surface area contributed by atoms with Gasteiger partial charge in [-0.15, -0.1) is 22.7 Å². The third kappa shape index (κ3) is 6.32. The second-order valence-electron chi connectivity index (χ2n) is 8.08. The topological polar surface area (TPSA) is 73.2 Å². The molecule has 0 aliphatic rings.